The molecule has 232 valence electrons. The molecule has 9 nitrogen and oxygen atoms in total. The number of rotatable bonds is 4. The molecule has 4 rings (SSSR count). The lowest BCUT2D eigenvalue weighted by atomic mass is 9.42. The summed E-state index contributed by atoms with van der Waals surface area (Å²) in [5, 5.41) is 23.4. The minimum Gasteiger partial charge on any atom is -0.458 e. The van der Waals surface area contributed by atoms with E-state index in [1.54, 1.807) is 11.0 Å². The summed E-state index contributed by atoms with van der Waals surface area (Å²) in [5.74, 6) is -1.03. The van der Waals surface area contributed by atoms with Gasteiger partial charge in [-0.25, -0.2) is 4.79 Å². The van der Waals surface area contributed by atoms with Gasteiger partial charge in [-0.3, -0.25) is 14.5 Å². The Bertz CT molecular complexity index is 1070. The van der Waals surface area contributed by atoms with Gasteiger partial charge in [0.1, 0.15) is 17.0 Å². The van der Waals surface area contributed by atoms with Crippen molar-refractivity contribution in [1.29, 1.82) is 0 Å². The summed E-state index contributed by atoms with van der Waals surface area (Å²) < 4.78 is 11.9. The van der Waals surface area contributed by atoms with Gasteiger partial charge >= 0.3 is 12.1 Å². The molecule has 0 spiro atoms. The fourth-order valence-corrected chi connectivity index (χ4v) is 8.65. The number of amides is 1. The van der Waals surface area contributed by atoms with Crippen LogP contribution in [-0.4, -0.2) is 93.5 Å². The highest BCUT2D eigenvalue weighted by Gasteiger charge is 2.72. The third-order valence-corrected chi connectivity index (χ3v) is 11.5. The van der Waals surface area contributed by atoms with Crippen LogP contribution in [0.4, 0.5) is 4.79 Å². The van der Waals surface area contributed by atoms with E-state index in [4.69, 9.17) is 9.47 Å². The van der Waals surface area contributed by atoms with E-state index in [0.717, 1.165) is 0 Å². The zero-order valence-electron chi connectivity index (χ0n) is 26.4. The van der Waals surface area contributed by atoms with Crippen LogP contribution < -0.4 is 0 Å². The standard InChI is InChI=1S/C32H52N2O7/c1-10-29(7)17-23(36)31(9)25-22(35)11-12-32(25,21(3)26(29)38)14-13-30(31,8)40-24(37)19-33-15-16-34(18-20(33)2)27(39)41-28(4,5)6/h10,20-21,23,25-26,36,38H,1,11-19H2,2-9H3/t20-,21?,23?,25?,26?,29?,30?,31?,32?/m0/s1. The first kappa shape index (κ1) is 32.0. The number of carbonyl (C=O) groups is 3. The Balaban J connectivity index is 1.55. The highest BCUT2D eigenvalue weighted by Crippen LogP contribution is 2.69. The predicted octanol–water partition coefficient (Wildman–Crippen LogP) is 3.95. The number of esters is 1. The van der Waals surface area contributed by atoms with Gasteiger partial charge in [0.05, 0.1) is 18.8 Å². The fourth-order valence-electron chi connectivity index (χ4n) is 8.65. The maximum Gasteiger partial charge on any atom is 0.410 e. The number of carbonyl (C=O) groups excluding carboxylic acids is 3. The lowest BCUT2D eigenvalue weighted by molar-refractivity contribution is -0.253. The topological polar surface area (TPSA) is 117 Å². The van der Waals surface area contributed by atoms with E-state index >= 15 is 0 Å². The summed E-state index contributed by atoms with van der Waals surface area (Å²) in [7, 11) is 0. The first-order valence-corrected chi connectivity index (χ1v) is 15.3. The number of aliphatic hydroxyl groups excluding tert-OH is 2. The average molecular weight is 577 g/mol. The van der Waals surface area contributed by atoms with Crippen LogP contribution in [0.5, 0.6) is 0 Å². The molecule has 9 atom stereocenters. The number of hydrogen-bond donors (Lipinski definition) is 2. The molecule has 2 N–H and O–H groups in total. The number of aliphatic hydroxyl groups is 2. The fraction of sp³-hybridized carbons (Fsp3) is 0.844. The molecule has 1 saturated heterocycles. The Labute approximate surface area is 245 Å². The molecule has 1 heterocycles. The molecule has 2 bridgehead atoms. The van der Waals surface area contributed by atoms with Gasteiger partial charge in [0.2, 0.25) is 0 Å². The van der Waals surface area contributed by atoms with Crippen molar-refractivity contribution in [3.63, 3.8) is 0 Å². The van der Waals surface area contributed by atoms with Crippen molar-refractivity contribution in [2.24, 2.45) is 28.1 Å². The van der Waals surface area contributed by atoms with E-state index in [1.807, 2.05) is 60.3 Å². The SMILES string of the molecule is C=CC1(C)CC(O)C2(C)C3C(=O)CCC3(CCC2(C)OC(=O)CN2CCN(C(=O)OC(C)(C)C)C[C@@H]2C)C(C)C1O. The number of Topliss-reactive ketones (excluding diaryl/α,β-unsaturated/α-hetero) is 1. The first-order valence-electron chi connectivity index (χ1n) is 15.3. The van der Waals surface area contributed by atoms with Crippen molar-refractivity contribution in [3.05, 3.63) is 12.7 Å². The molecule has 9 heteroatoms. The van der Waals surface area contributed by atoms with Gasteiger partial charge in [-0.15, -0.1) is 6.58 Å². The average Bonchev–Trinajstić information content (AvgIpc) is 3.23. The van der Waals surface area contributed by atoms with Gasteiger partial charge in [-0.05, 0) is 71.6 Å². The van der Waals surface area contributed by atoms with Crippen LogP contribution in [0.1, 0.15) is 87.5 Å². The van der Waals surface area contributed by atoms with Gasteiger partial charge in [0, 0.05) is 48.8 Å². The van der Waals surface area contributed by atoms with E-state index in [1.165, 1.54) is 0 Å². The van der Waals surface area contributed by atoms with Gasteiger partial charge in [-0.2, -0.15) is 0 Å². The van der Waals surface area contributed by atoms with Crippen molar-refractivity contribution in [2.75, 3.05) is 26.2 Å². The molecule has 1 amide bonds. The number of nitrogens with zero attached hydrogens (tertiary/aromatic N) is 2. The molecule has 0 aromatic heterocycles. The molecular weight excluding hydrogens is 524 g/mol. The maximum absolute atomic E-state index is 13.6. The predicted molar refractivity (Wildman–Crippen MR) is 155 cm³/mol. The number of hydrogen-bond acceptors (Lipinski definition) is 8. The molecule has 0 radical (unpaired) electrons. The Kier molecular flexibility index (Phi) is 8.29. The van der Waals surface area contributed by atoms with Gasteiger partial charge in [-0.1, -0.05) is 26.8 Å². The van der Waals surface area contributed by atoms with Crippen molar-refractivity contribution >= 4 is 17.8 Å². The Morgan fingerprint density at radius 2 is 1.76 bits per heavy atom. The van der Waals surface area contributed by atoms with E-state index in [9.17, 15) is 24.6 Å². The van der Waals surface area contributed by atoms with Crippen molar-refractivity contribution < 1.29 is 34.1 Å². The highest BCUT2D eigenvalue weighted by atomic mass is 16.6. The molecular formula is C32H52N2O7. The molecule has 41 heavy (non-hydrogen) atoms. The van der Waals surface area contributed by atoms with Crippen LogP contribution in [0.3, 0.4) is 0 Å². The third kappa shape index (κ3) is 5.24. The molecule has 4 fully saturated rings. The van der Waals surface area contributed by atoms with Crippen molar-refractivity contribution in [3.8, 4) is 0 Å². The zero-order chi connectivity index (χ0) is 30.8. The Morgan fingerprint density at radius 3 is 2.34 bits per heavy atom. The summed E-state index contributed by atoms with van der Waals surface area (Å²) in [4.78, 5) is 43.4. The Hall–Kier alpha value is -1.97. The van der Waals surface area contributed by atoms with E-state index in [-0.39, 0.29) is 36.8 Å². The van der Waals surface area contributed by atoms with Gasteiger partial charge in [0.25, 0.3) is 0 Å². The molecule has 4 aliphatic rings. The van der Waals surface area contributed by atoms with Crippen LogP contribution in [0, 0.1) is 28.1 Å². The van der Waals surface area contributed by atoms with E-state index < -0.39 is 51.5 Å². The van der Waals surface area contributed by atoms with Crippen LogP contribution in [0.2, 0.25) is 0 Å². The summed E-state index contributed by atoms with van der Waals surface area (Å²) in [6, 6.07) is -0.0785. The zero-order valence-corrected chi connectivity index (χ0v) is 26.4. The van der Waals surface area contributed by atoms with Crippen LogP contribution in [0.15, 0.2) is 12.7 Å². The van der Waals surface area contributed by atoms with Crippen LogP contribution >= 0.6 is 0 Å². The van der Waals surface area contributed by atoms with Crippen LogP contribution in [-0.2, 0) is 19.1 Å². The lowest BCUT2D eigenvalue weighted by Crippen LogP contribution is -2.69. The van der Waals surface area contributed by atoms with Gasteiger partial charge < -0.3 is 24.6 Å². The largest absolute Gasteiger partial charge is 0.458 e. The third-order valence-electron chi connectivity index (χ3n) is 11.5. The highest BCUT2D eigenvalue weighted by molar-refractivity contribution is 5.86. The number of ether oxygens (including phenoxy) is 2. The maximum atomic E-state index is 13.6. The molecule has 0 aromatic carbocycles. The van der Waals surface area contributed by atoms with Crippen molar-refractivity contribution in [2.45, 2.75) is 117 Å². The monoisotopic (exact) mass is 576 g/mol. The summed E-state index contributed by atoms with van der Waals surface area (Å²) in [6.07, 6.45) is 2.04. The second kappa shape index (κ2) is 10.6. The molecule has 3 saturated carbocycles. The second-order valence-corrected chi connectivity index (χ2v) is 15.0. The Morgan fingerprint density at radius 1 is 1.10 bits per heavy atom. The summed E-state index contributed by atoms with van der Waals surface area (Å²) in [5.41, 5.74) is -3.92. The van der Waals surface area contributed by atoms with E-state index in [0.29, 0.717) is 45.3 Å². The molecule has 1 aliphatic heterocycles. The minimum atomic E-state index is -1.08. The lowest BCUT2D eigenvalue weighted by Gasteiger charge is -2.64. The second-order valence-electron chi connectivity index (χ2n) is 15.0. The number of ketones is 1. The molecule has 0 aromatic rings. The molecule has 8 unspecified atom stereocenters. The minimum absolute atomic E-state index is 0.0499. The van der Waals surface area contributed by atoms with Crippen molar-refractivity contribution in [1.82, 2.24) is 9.80 Å². The number of piperazine rings is 1. The summed E-state index contributed by atoms with van der Waals surface area (Å²) in [6.45, 7) is 20.7. The van der Waals surface area contributed by atoms with Gasteiger partial charge in [0.15, 0.2) is 0 Å². The van der Waals surface area contributed by atoms with Crippen LogP contribution in [0.25, 0.3) is 0 Å². The normalized spacial score (nSPS) is 43.5. The molecule has 3 aliphatic carbocycles. The van der Waals surface area contributed by atoms with E-state index in [2.05, 4.69) is 6.58 Å². The summed E-state index contributed by atoms with van der Waals surface area (Å²) >= 11 is 0. The smallest absolute Gasteiger partial charge is 0.410 e. The quantitative estimate of drug-likeness (QED) is 0.382. The first-order chi connectivity index (χ1) is 18.8.